The lowest BCUT2D eigenvalue weighted by Crippen LogP contribution is -2.42. The summed E-state index contributed by atoms with van der Waals surface area (Å²) in [6.07, 6.45) is 1.06. The molecule has 0 amide bonds. The smallest absolute Gasteiger partial charge is 0.137 e. The molecule has 3 nitrogen and oxygen atoms in total. The molecule has 1 aliphatic heterocycles. The zero-order chi connectivity index (χ0) is 10.5. The van der Waals surface area contributed by atoms with Crippen molar-refractivity contribution in [2.75, 3.05) is 19.7 Å². The van der Waals surface area contributed by atoms with Crippen LogP contribution >= 0.6 is 0 Å². The molecule has 0 aromatic heterocycles. The summed E-state index contributed by atoms with van der Waals surface area (Å²) in [5.74, 6) is 1.45. The summed E-state index contributed by atoms with van der Waals surface area (Å²) >= 11 is 0. The van der Waals surface area contributed by atoms with E-state index in [-0.39, 0.29) is 0 Å². The van der Waals surface area contributed by atoms with Gasteiger partial charge in [-0.25, -0.2) is 0 Å². The maximum Gasteiger partial charge on any atom is 0.137 e. The average Bonchev–Trinajstić information content (AvgIpc) is 2.22. The fourth-order valence-electron chi connectivity index (χ4n) is 1.57. The van der Waals surface area contributed by atoms with Gasteiger partial charge in [0.1, 0.15) is 11.8 Å². The van der Waals surface area contributed by atoms with Crippen LogP contribution in [0.2, 0.25) is 0 Å². The number of hydrogen-bond acceptors (Lipinski definition) is 3. The molecule has 1 saturated heterocycles. The summed E-state index contributed by atoms with van der Waals surface area (Å²) in [5.41, 5.74) is 0.615. The third kappa shape index (κ3) is 2.48. The first-order valence-electron chi connectivity index (χ1n) is 5.23. The lowest BCUT2D eigenvalue weighted by molar-refractivity contribution is 0.238. The second-order valence-corrected chi connectivity index (χ2v) is 3.77. The number of ether oxygens (including phenoxy) is 1. The first kappa shape index (κ1) is 10.0. The van der Waals surface area contributed by atoms with E-state index in [4.69, 9.17) is 10.00 Å². The minimum Gasteiger partial charge on any atom is -0.492 e. The predicted molar refractivity (Wildman–Crippen MR) is 57.6 cm³/mol. The molecular formula is C12H14N2O. The standard InChI is InChI=1S/C12H14N2O/c13-7-11-3-1-2-4-12(11)15-6-5-10-8-14-9-10/h1-4,10,14H,5-6,8-9H2. The van der Waals surface area contributed by atoms with Crippen molar-refractivity contribution in [2.45, 2.75) is 6.42 Å². The Morgan fingerprint density at radius 3 is 2.87 bits per heavy atom. The van der Waals surface area contributed by atoms with E-state index in [0.717, 1.165) is 25.4 Å². The van der Waals surface area contributed by atoms with Crippen molar-refractivity contribution in [3.63, 3.8) is 0 Å². The Bertz CT molecular complexity index is 366. The van der Waals surface area contributed by atoms with Crippen molar-refractivity contribution >= 4 is 0 Å². The topological polar surface area (TPSA) is 45.0 Å². The van der Waals surface area contributed by atoms with E-state index >= 15 is 0 Å². The highest BCUT2D eigenvalue weighted by Crippen LogP contribution is 2.17. The van der Waals surface area contributed by atoms with E-state index in [1.807, 2.05) is 18.2 Å². The Labute approximate surface area is 89.7 Å². The molecule has 1 fully saturated rings. The van der Waals surface area contributed by atoms with E-state index in [2.05, 4.69) is 11.4 Å². The number of hydrogen-bond donors (Lipinski definition) is 1. The van der Waals surface area contributed by atoms with Gasteiger partial charge in [-0.3, -0.25) is 0 Å². The third-order valence-electron chi connectivity index (χ3n) is 2.66. The fraction of sp³-hybridized carbons (Fsp3) is 0.417. The van der Waals surface area contributed by atoms with Gasteiger partial charge in [0.05, 0.1) is 12.2 Å². The number of nitrogens with zero attached hydrogens (tertiary/aromatic N) is 1. The van der Waals surface area contributed by atoms with Crippen molar-refractivity contribution in [3.05, 3.63) is 29.8 Å². The molecular weight excluding hydrogens is 188 g/mol. The molecule has 0 aliphatic carbocycles. The van der Waals surface area contributed by atoms with E-state index in [9.17, 15) is 0 Å². The Morgan fingerprint density at radius 2 is 2.20 bits per heavy atom. The van der Waals surface area contributed by atoms with Crippen LogP contribution in [-0.2, 0) is 0 Å². The zero-order valence-electron chi connectivity index (χ0n) is 8.57. The molecule has 1 N–H and O–H groups in total. The van der Waals surface area contributed by atoms with E-state index < -0.39 is 0 Å². The Balaban J connectivity index is 1.84. The zero-order valence-corrected chi connectivity index (χ0v) is 8.57. The normalized spacial score (nSPS) is 15.4. The number of benzene rings is 1. The van der Waals surface area contributed by atoms with Crippen molar-refractivity contribution < 1.29 is 4.74 Å². The molecule has 0 saturated carbocycles. The molecule has 1 aliphatic rings. The molecule has 3 heteroatoms. The largest absolute Gasteiger partial charge is 0.492 e. The van der Waals surface area contributed by atoms with Gasteiger partial charge in [0.25, 0.3) is 0 Å². The highest BCUT2D eigenvalue weighted by Gasteiger charge is 2.16. The van der Waals surface area contributed by atoms with Crippen LogP contribution in [0, 0.1) is 17.2 Å². The van der Waals surface area contributed by atoms with Gasteiger partial charge in [-0.2, -0.15) is 5.26 Å². The van der Waals surface area contributed by atoms with Gasteiger partial charge in [0.15, 0.2) is 0 Å². The van der Waals surface area contributed by atoms with Gasteiger partial charge < -0.3 is 10.1 Å². The van der Waals surface area contributed by atoms with Gasteiger partial charge in [0.2, 0.25) is 0 Å². The van der Waals surface area contributed by atoms with E-state index in [1.165, 1.54) is 0 Å². The molecule has 0 bridgehead atoms. The van der Waals surface area contributed by atoms with Gasteiger partial charge in [-0.1, -0.05) is 12.1 Å². The predicted octanol–water partition coefficient (Wildman–Crippen LogP) is 1.55. The Hall–Kier alpha value is -1.53. The molecule has 1 aromatic carbocycles. The summed E-state index contributed by atoms with van der Waals surface area (Å²) in [6, 6.07) is 9.49. The highest BCUT2D eigenvalue weighted by molar-refractivity contribution is 5.42. The summed E-state index contributed by atoms with van der Waals surface area (Å²) < 4.78 is 5.58. The maximum atomic E-state index is 8.84. The maximum absolute atomic E-state index is 8.84. The number of nitrogens with one attached hydrogen (secondary N) is 1. The van der Waals surface area contributed by atoms with Gasteiger partial charge in [-0.15, -0.1) is 0 Å². The van der Waals surface area contributed by atoms with Crippen LogP contribution in [0.4, 0.5) is 0 Å². The summed E-state index contributed by atoms with van der Waals surface area (Å²) in [6.45, 7) is 2.90. The number of rotatable bonds is 4. The highest BCUT2D eigenvalue weighted by atomic mass is 16.5. The van der Waals surface area contributed by atoms with Crippen LogP contribution in [0.5, 0.6) is 5.75 Å². The van der Waals surface area contributed by atoms with Crippen LogP contribution in [0.3, 0.4) is 0 Å². The van der Waals surface area contributed by atoms with E-state index in [0.29, 0.717) is 17.9 Å². The second-order valence-electron chi connectivity index (χ2n) is 3.77. The first-order valence-corrected chi connectivity index (χ1v) is 5.23. The molecule has 2 rings (SSSR count). The Kier molecular flexibility index (Phi) is 3.21. The SMILES string of the molecule is N#Cc1ccccc1OCCC1CNC1. The van der Waals surface area contributed by atoms with Crippen molar-refractivity contribution in [3.8, 4) is 11.8 Å². The summed E-state index contributed by atoms with van der Waals surface area (Å²) in [5, 5.41) is 12.1. The molecule has 0 spiro atoms. The lowest BCUT2D eigenvalue weighted by Gasteiger charge is -2.26. The van der Waals surface area contributed by atoms with Crippen LogP contribution in [0.15, 0.2) is 24.3 Å². The monoisotopic (exact) mass is 202 g/mol. The third-order valence-corrected chi connectivity index (χ3v) is 2.66. The minimum atomic E-state index is 0.615. The number of nitriles is 1. The molecule has 78 valence electrons. The molecule has 1 heterocycles. The van der Waals surface area contributed by atoms with Gasteiger partial charge >= 0.3 is 0 Å². The lowest BCUT2D eigenvalue weighted by atomic mass is 10.0. The summed E-state index contributed by atoms with van der Waals surface area (Å²) in [7, 11) is 0. The van der Waals surface area contributed by atoms with Crippen LogP contribution < -0.4 is 10.1 Å². The van der Waals surface area contributed by atoms with Crippen molar-refractivity contribution in [1.29, 1.82) is 5.26 Å². The molecule has 15 heavy (non-hydrogen) atoms. The van der Waals surface area contributed by atoms with Crippen LogP contribution in [-0.4, -0.2) is 19.7 Å². The van der Waals surface area contributed by atoms with Crippen molar-refractivity contribution in [1.82, 2.24) is 5.32 Å². The van der Waals surface area contributed by atoms with E-state index in [1.54, 1.807) is 6.07 Å². The second kappa shape index (κ2) is 4.81. The van der Waals surface area contributed by atoms with Crippen LogP contribution in [0.25, 0.3) is 0 Å². The van der Waals surface area contributed by atoms with Gasteiger partial charge in [0, 0.05) is 0 Å². The quantitative estimate of drug-likeness (QED) is 0.805. The fourth-order valence-corrected chi connectivity index (χ4v) is 1.57. The Morgan fingerprint density at radius 1 is 1.40 bits per heavy atom. The van der Waals surface area contributed by atoms with Gasteiger partial charge in [-0.05, 0) is 37.6 Å². The molecule has 0 atom stereocenters. The van der Waals surface area contributed by atoms with Crippen LogP contribution in [0.1, 0.15) is 12.0 Å². The molecule has 0 unspecified atom stereocenters. The van der Waals surface area contributed by atoms with Crippen molar-refractivity contribution in [2.24, 2.45) is 5.92 Å². The average molecular weight is 202 g/mol. The molecule has 1 aromatic rings. The number of para-hydroxylation sites is 1. The minimum absolute atomic E-state index is 0.615. The first-order chi connectivity index (χ1) is 7.40. The summed E-state index contributed by atoms with van der Waals surface area (Å²) in [4.78, 5) is 0. The molecule has 0 radical (unpaired) electrons.